The zero-order valence-corrected chi connectivity index (χ0v) is 18.6. The van der Waals surface area contributed by atoms with Crippen LogP contribution in [0.1, 0.15) is 115 Å². The van der Waals surface area contributed by atoms with E-state index in [1.807, 2.05) is 0 Å². The molecule has 1 aliphatic rings. The Morgan fingerprint density at radius 1 is 0.821 bits per heavy atom. The molecule has 0 N–H and O–H groups in total. The number of nitriles is 1. The van der Waals surface area contributed by atoms with Gasteiger partial charge in [0.15, 0.2) is 0 Å². The van der Waals surface area contributed by atoms with Crippen molar-refractivity contribution in [3.8, 4) is 6.07 Å². The van der Waals surface area contributed by atoms with Gasteiger partial charge < -0.3 is 0 Å². The highest BCUT2D eigenvalue weighted by Gasteiger charge is 2.39. The van der Waals surface area contributed by atoms with Gasteiger partial charge in [0.1, 0.15) is 0 Å². The SMILES string of the molecule is CCCCCCCC1(C(C#N)Cc2ccc(CCCCC)cc2)CCCCC1. The second-order valence-electron chi connectivity index (χ2n) is 9.25. The Balaban J connectivity index is 1.97. The van der Waals surface area contributed by atoms with Crippen molar-refractivity contribution in [3.63, 3.8) is 0 Å². The average Bonchev–Trinajstić information content (AvgIpc) is 2.74. The molecular weight excluding hydrogens is 338 g/mol. The lowest BCUT2D eigenvalue weighted by atomic mass is 9.62. The molecule has 0 spiro atoms. The molecule has 156 valence electrons. The van der Waals surface area contributed by atoms with Gasteiger partial charge in [0.05, 0.1) is 12.0 Å². The predicted octanol–water partition coefficient (Wildman–Crippen LogP) is 8.41. The molecule has 1 unspecified atom stereocenters. The molecule has 28 heavy (non-hydrogen) atoms. The molecule has 0 heterocycles. The van der Waals surface area contributed by atoms with Crippen LogP contribution in [0.25, 0.3) is 0 Å². The second-order valence-corrected chi connectivity index (χ2v) is 9.25. The van der Waals surface area contributed by atoms with E-state index in [2.05, 4.69) is 44.2 Å². The van der Waals surface area contributed by atoms with Gasteiger partial charge in [-0.2, -0.15) is 5.26 Å². The number of nitrogens with zero attached hydrogens (tertiary/aromatic N) is 1. The van der Waals surface area contributed by atoms with Gasteiger partial charge in [-0.3, -0.25) is 0 Å². The van der Waals surface area contributed by atoms with Crippen molar-refractivity contribution in [2.24, 2.45) is 11.3 Å². The van der Waals surface area contributed by atoms with Crippen LogP contribution < -0.4 is 0 Å². The molecule has 0 saturated heterocycles. The summed E-state index contributed by atoms with van der Waals surface area (Å²) in [7, 11) is 0. The third kappa shape index (κ3) is 7.27. The van der Waals surface area contributed by atoms with Crippen molar-refractivity contribution in [2.75, 3.05) is 0 Å². The fourth-order valence-corrected chi connectivity index (χ4v) is 5.17. The Hall–Kier alpha value is -1.29. The molecule has 1 nitrogen and oxygen atoms in total. The van der Waals surface area contributed by atoms with Gasteiger partial charge >= 0.3 is 0 Å². The third-order valence-corrected chi connectivity index (χ3v) is 7.05. The average molecular weight is 382 g/mol. The van der Waals surface area contributed by atoms with E-state index >= 15 is 0 Å². The highest BCUT2D eigenvalue weighted by atomic mass is 14.4. The monoisotopic (exact) mass is 381 g/mol. The number of rotatable bonds is 13. The zero-order chi connectivity index (χ0) is 20.1. The lowest BCUT2D eigenvalue weighted by Crippen LogP contribution is -2.33. The van der Waals surface area contributed by atoms with Crippen LogP contribution >= 0.6 is 0 Å². The molecule has 1 heteroatoms. The van der Waals surface area contributed by atoms with Gasteiger partial charge in [0, 0.05) is 0 Å². The first kappa shape index (κ1) is 23.0. The first-order chi connectivity index (χ1) is 13.7. The Morgan fingerprint density at radius 3 is 2.07 bits per heavy atom. The molecule has 1 aromatic carbocycles. The molecule has 0 amide bonds. The fourth-order valence-electron chi connectivity index (χ4n) is 5.17. The molecular formula is C27H43N. The van der Waals surface area contributed by atoms with Gasteiger partial charge in [-0.15, -0.1) is 0 Å². The van der Waals surface area contributed by atoms with Crippen molar-refractivity contribution in [2.45, 2.75) is 117 Å². The Kier molecular flexibility index (Phi) is 10.7. The van der Waals surface area contributed by atoms with E-state index in [1.54, 1.807) is 0 Å². The minimum absolute atomic E-state index is 0.185. The summed E-state index contributed by atoms with van der Waals surface area (Å²) < 4.78 is 0. The standard InChI is InChI=1S/C27H43N/c1-3-5-7-8-11-19-27(20-12-9-13-21-27)26(23-28)22-25-17-15-24(16-18-25)14-10-6-4-2/h15-18,26H,3-14,19-22H2,1-2H3. The first-order valence-corrected chi connectivity index (χ1v) is 12.2. The van der Waals surface area contributed by atoms with Crippen LogP contribution in [0.2, 0.25) is 0 Å². The summed E-state index contributed by atoms with van der Waals surface area (Å²) >= 11 is 0. The number of aryl methyl sites for hydroxylation is 1. The van der Waals surface area contributed by atoms with E-state index in [0.29, 0.717) is 0 Å². The van der Waals surface area contributed by atoms with Crippen LogP contribution in [-0.2, 0) is 12.8 Å². The maximum absolute atomic E-state index is 10.1. The molecule has 0 aromatic heterocycles. The van der Waals surface area contributed by atoms with Crippen molar-refractivity contribution in [3.05, 3.63) is 35.4 Å². The van der Waals surface area contributed by atoms with E-state index in [4.69, 9.17) is 0 Å². The summed E-state index contributed by atoms with van der Waals surface area (Å²) in [6, 6.07) is 12.0. The quantitative estimate of drug-likeness (QED) is 0.314. The van der Waals surface area contributed by atoms with E-state index in [9.17, 15) is 5.26 Å². The van der Waals surface area contributed by atoms with Crippen LogP contribution in [0.4, 0.5) is 0 Å². The van der Waals surface area contributed by atoms with Crippen molar-refractivity contribution < 1.29 is 0 Å². The van der Waals surface area contributed by atoms with Crippen LogP contribution in [0, 0.1) is 22.7 Å². The Bertz CT molecular complexity index is 559. The first-order valence-electron chi connectivity index (χ1n) is 12.2. The molecule has 2 rings (SSSR count). The van der Waals surface area contributed by atoms with Crippen LogP contribution in [0.3, 0.4) is 0 Å². The fraction of sp³-hybridized carbons (Fsp3) is 0.741. The molecule has 0 bridgehead atoms. The zero-order valence-electron chi connectivity index (χ0n) is 18.6. The third-order valence-electron chi connectivity index (χ3n) is 7.05. The molecule has 0 radical (unpaired) electrons. The summed E-state index contributed by atoms with van der Waals surface area (Å²) in [4.78, 5) is 0. The Morgan fingerprint density at radius 2 is 1.43 bits per heavy atom. The lowest BCUT2D eigenvalue weighted by molar-refractivity contribution is 0.110. The molecule has 1 fully saturated rings. The summed E-state index contributed by atoms with van der Waals surface area (Å²) in [5.41, 5.74) is 3.09. The minimum atomic E-state index is 0.185. The number of unbranched alkanes of at least 4 members (excludes halogenated alkanes) is 6. The molecule has 1 aliphatic carbocycles. The smallest absolute Gasteiger partial charge is 0.0665 e. The largest absolute Gasteiger partial charge is 0.198 e. The van der Waals surface area contributed by atoms with Gasteiger partial charge in [-0.25, -0.2) is 0 Å². The number of hydrogen-bond donors (Lipinski definition) is 0. The van der Waals surface area contributed by atoms with Gasteiger partial charge in [0.2, 0.25) is 0 Å². The van der Waals surface area contributed by atoms with Crippen molar-refractivity contribution in [1.82, 2.24) is 0 Å². The van der Waals surface area contributed by atoms with Crippen molar-refractivity contribution >= 4 is 0 Å². The van der Waals surface area contributed by atoms with Crippen LogP contribution in [-0.4, -0.2) is 0 Å². The summed E-state index contributed by atoms with van der Waals surface area (Å²) in [6.45, 7) is 4.54. The summed E-state index contributed by atoms with van der Waals surface area (Å²) in [6.07, 6.45) is 20.5. The molecule has 1 aromatic rings. The normalized spacial score (nSPS) is 17.2. The molecule has 1 atom stereocenters. The van der Waals surface area contributed by atoms with Crippen molar-refractivity contribution in [1.29, 1.82) is 5.26 Å². The van der Waals surface area contributed by atoms with Gasteiger partial charge in [-0.05, 0) is 55.1 Å². The van der Waals surface area contributed by atoms with Crippen LogP contribution in [0.15, 0.2) is 24.3 Å². The number of benzene rings is 1. The van der Waals surface area contributed by atoms with E-state index in [1.165, 1.54) is 107 Å². The van der Waals surface area contributed by atoms with Gasteiger partial charge in [-0.1, -0.05) is 102 Å². The van der Waals surface area contributed by atoms with E-state index < -0.39 is 0 Å². The summed E-state index contributed by atoms with van der Waals surface area (Å²) in [5.74, 6) is 0.185. The van der Waals surface area contributed by atoms with Gasteiger partial charge in [0.25, 0.3) is 0 Å². The topological polar surface area (TPSA) is 23.8 Å². The predicted molar refractivity (Wildman–Crippen MR) is 121 cm³/mol. The number of hydrogen-bond acceptors (Lipinski definition) is 1. The molecule has 1 saturated carbocycles. The van der Waals surface area contributed by atoms with E-state index in [-0.39, 0.29) is 11.3 Å². The van der Waals surface area contributed by atoms with E-state index in [0.717, 1.165) is 6.42 Å². The second kappa shape index (κ2) is 13.0. The van der Waals surface area contributed by atoms with Crippen LogP contribution in [0.5, 0.6) is 0 Å². The highest BCUT2D eigenvalue weighted by molar-refractivity contribution is 5.24. The maximum atomic E-state index is 10.1. The minimum Gasteiger partial charge on any atom is -0.198 e. The Labute approximate surface area is 174 Å². The maximum Gasteiger partial charge on any atom is 0.0665 e. The summed E-state index contributed by atoms with van der Waals surface area (Å²) in [5, 5.41) is 10.1. The molecule has 0 aliphatic heterocycles. The highest BCUT2D eigenvalue weighted by Crippen LogP contribution is 2.47. The lowest BCUT2D eigenvalue weighted by Gasteiger charge is -2.41.